The average molecular weight is 257 g/mol. The van der Waals surface area contributed by atoms with E-state index in [9.17, 15) is 9.90 Å². The van der Waals surface area contributed by atoms with E-state index in [4.69, 9.17) is 0 Å². The molecular formula is C16H19NO2. The van der Waals surface area contributed by atoms with Crippen LogP contribution in [0, 0.1) is 0 Å². The van der Waals surface area contributed by atoms with Crippen LogP contribution in [0.25, 0.3) is 10.8 Å². The van der Waals surface area contributed by atoms with Crippen LogP contribution in [-0.4, -0.2) is 35.4 Å². The van der Waals surface area contributed by atoms with Crippen molar-refractivity contribution in [3.63, 3.8) is 0 Å². The van der Waals surface area contributed by atoms with Gasteiger partial charge in [-0.15, -0.1) is 0 Å². The minimum absolute atomic E-state index is 0.124. The molecule has 100 valence electrons. The third kappa shape index (κ3) is 2.76. The lowest BCUT2D eigenvalue weighted by Gasteiger charge is -2.21. The Bertz CT molecular complexity index is 607. The number of aromatic hydroxyl groups is 1. The highest BCUT2D eigenvalue weighted by Crippen LogP contribution is 2.22. The topological polar surface area (TPSA) is 40.5 Å². The summed E-state index contributed by atoms with van der Waals surface area (Å²) < 4.78 is 0. The lowest BCUT2D eigenvalue weighted by atomic mass is 10.0. The second-order valence-corrected chi connectivity index (χ2v) is 4.86. The molecule has 0 aromatic heterocycles. The summed E-state index contributed by atoms with van der Waals surface area (Å²) in [4.78, 5) is 14.4. The van der Waals surface area contributed by atoms with E-state index in [0.717, 1.165) is 17.3 Å². The number of phenolic OH excluding ortho intramolecular Hbond substituents is 1. The molecule has 19 heavy (non-hydrogen) atoms. The van der Waals surface area contributed by atoms with Gasteiger partial charge in [0.15, 0.2) is 5.78 Å². The molecule has 1 atom stereocenters. The number of carbonyl (C=O) groups excluding carboxylic acids is 1. The van der Waals surface area contributed by atoms with Gasteiger partial charge in [-0.1, -0.05) is 25.1 Å². The molecule has 0 saturated carbocycles. The van der Waals surface area contributed by atoms with E-state index >= 15 is 0 Å². The molecular weight excluding hydrogens is 238 g/mol. The first kappa shape index (κ1) is 13.6. The molecule has 0 radical (unpaired) electrons. The monoisotopic (exact) mass is 257 g/mol. The number of ketones is 1. The van der Waals surface area contributed by atoms with Gasteiger partial charge in [-0.05, 0) is 49.5 Å². The number of phenols is 1. The number of fused-ring (bicyclic) bond motifs is 1. The highest BCUT2D eigenvalue weighted by molar-refractivity contribution is 6.03. The van der Waals surface area contributed by atoms with E-state index in [-0.39, 0.29) is 17.6 Å². The zero-order valence-corrected chi connectivity index (χ0v) is 11.6. The molecule has 2 rings (SSSR count). The lowest BCUT2D eigenvalue weighted by Crippen LogP contribution is -2.35. The molecule has 0 spiro atoms. The lowest BCUT2D eigenvalue weighted by molar-refractivity contribution is 0.0874. The summed E-state index contributed by atoms with van der Waals surface area (Å²) in [6, 6.07) is 10.6. The van der Waals surface area contributed by atoms with Crippen molar-refractivity contribution < 1.29 is 9.90 Å². The molecule has 2 aromatic rings. The van der Waals surface area contributed by atoms with E-state index in [0.29, 0.717) is 5.56 Å². The van der Waals surface area contributed by atoms with Crippen LogP contribution < -0.4 is 0 Å². The second-order valence-electron chi connectivity index (χ2n) is 4.86. The van der Waals surface area contributed by atoms with Gasteiger partial charge in [-0.25, -0.2) is 0 Å². The Morgan fingerprint density at radius 3 is 2.53 bits per heavy atom. The first-order valence-electron chi connectivity index (χ1n) is 6.50. The third-order valence-corrected chi connectivity index (χ3v) is 3.65. The number of nitrogens with zero attached hydrogens (tertiary/aromatic N) is 1. The maximum absolute atomic E-state index is 12.4. The largest absolute Gasteiger partial charge is 0.508 e. The highest BCUT2D eigenvalue weighted by atomic mass is 16.3. The Hall–Kier alpha value is -1.87. The van der Waals surface area contributed by atoms with Gasteiger partial charge in [0, 0.05) is 5.56 Å². The molecule has 0 bridgehead atoms. The molecule has 0 aliphatic heterocycles. The van der Waals surface area contributed by atoms with Crippen LogP contribution >= 0.6 is 0 Å². The van der Waals surface area contributed by atoms with Crippen LogP contribution in [0.3, 0.4) is 0 Å². The first-order chi connectivity index (χ1) is 9.02. The van der Waals surface area contributed by atoms with E-state index in [1.807, 2.05) is 50.1 Å². The van der Waals surface area contributed by atoms with E-state index in [1.54, 1.807) is 12.1 Å². The fourth-order valence-corrected chi connectivity index (χ4v) is 2.10. The number of carbonyl (C=O) groups is 1. The Morgan fingerprint density at radius 1 is 1.21 bits per heavy atom. The summed E-state index contributed by atoms with van der Waals surface area (Å²) in [5.41, 5.74) is 0.714. The van der Waals surface area contributed by atoms with Crippen molar-refractivity contribution in [1.82, 2.24) is 4.90 Å². The van der Waals surface area contributed by atoms with Gasteiger partial charge in [0.05, 0.1) is 6.04 Å². The molecule has 0 aliphatic rings. The maximum Gasteiger partial charge on any atom is 0.179 e. The molecule has 0 aliphatic carbocycles. The van der Waals surface area contributed by atoms with E-state index in [1.165, 1.54) is 0 Å². The van der Waals surface area contributed by atoms with Crippen molar-refractivity contribution in [2.45, 2.75) is 19.9 Å². The van der Waals surface area contributed by atoms with Crippen molar-refractivity contribution in [2.24, 2.45) is 0 Å². The van der Waals surface area contributed by atoms with Crippen LogP contribution in [0.1, 0.15) is 24.2 Å². The van der Waals surface area contributed by atoms with Gasteiger partial charge in [0.2, 0.25) is 0 Å². The Balaban J connectivity index is 2.35. The molecule has 2 aromatic carbocycles. The summed E-state index contributed by atoms with van der Waals surface area (Å²) in [5.74, 6) is 0.366. The van der Waals surface area contributed by atoms with Gasteiger partial charge < -0.3 is 5.11 Å². The Labute approximate surface area is 113 Å². The smallest absolute Gasteiger partial charge is 0.179 e. The number of Topliss-reactive ketones (excluding diaryl/α,β-unsaturated/α-hetero) is 1. The van der Waals surface area contributed by atoms with Gasteiger partial charge in [0.1, 0.15) is 5.75 Å². The summed E-state index contributed by atoms with van der Waals surface area (Å²) in [6.07, 6.45) is 0. The zero-order chi connectivity index (χ0) is 14.0. The Morgan fingerprint density at radius 2 is 1.84 bits per heavy atom. The van der Waals surface area contributed by atoms with Crippen LogP contribution in [0.15, 0.2) is 36.4 Å². The van der Waals surface area contributed by atoms with Gasteiger partial charge >= 0.3 is 0 Å². The summed E-state index contributed by atoms with van der Waals surface area (Å²) in [6.45, 7) is 4.80. The number of likely N-dealkylation sites (N-methyl/N-ethyl adjacent to an activating group) is 1. The molecule has 3 heteroatoms. The Kier molecular flexibility index (Phi) is 3.86. The highest BCUT2D eigenvalue weighted by Gasteiger charge is 2.18. The van der Waals surface area contributed by atoms with Crippen LogP contribution in [0.4, 0.5) is 0 Å². The molecule has 1 N–H and O–H groups in total. The van der Waals surface area contributed by atoms with Crippen LogP contribution in [-0.2, 0) is 0 Å². The number of benzene rings is 2. The SMILES string of the molecule is CCN(C)C(C)C(=O)c1ccc2cc(O)ccc2c1. The van der Waals surface area contributed by atoms with Crippen molar-refractivity contribution in [3.8, 4) is 5.75 Å². The molecule has 1 unspecified atom stereocenters. The molecule has 0 amide bonds. The maximum atomic E-state index is 12.4. The fourth-order valence-electron chi connectivity index (χ4n) is 2.10. The quantitative estimate of drug-likeness (QED) is 0.856. The number of hydrogen-bond donors (Lipinski definition) is 1. The first-order valence-corrected chi connectivity index (χ1v) is 6.50. The second kappa shape index (κ2) is 5.41. The average Bonchev–Trinajstić information content (AvgIpc) is 2.44. The molecule has 0 saturated heterocycles. The van der Waals surface area contributed by atoms with Crippen LogP contribution in [0.2, 0.25) is 0 Å². The van der Waals surface area contributed by atoms with E-state index < -0.39 is 0 Å². The molecule has 0 fully saturated rings. The minimum atomic E-state index is -0.125. The summed E-state index contributed by atoms with van der Waals surface area (Å²) >= 11 is 0. The standard InChI is InChI=1S/C16H19NO2/c1-4-17(3)11(2)16(19)14-6-5-13-10-15(18)8-7-12(13)9-14/h5-11,18H,4H2,1-3H3. The predicted octanol–water partition coefficient (Wildman–Crippen LogP) is 3.07. The van der Waals surface area contributed by atoms with E-state index in [2.05, 4.69) is 0 Å². The fraction of sp³-hybridized carbons (Fsp3) is 0.312. The molecule has 0 heterocycles. The summed E-state index contributed by atoms with van der Waals surface area (Å²) in [7, 11) is 1.95. The number of rotatable bonds is 4. The van der Waals surface area contributed by atoms with Crippen molar-refractivity contribution >= 4 is 16.6 Å². The van der Waals surface area contributed by atoms with Crippen molar-refractivity contribution in [1.29, 1.82) is 0 Å². The third-order valence-electron chi connectivity index (χ3n) is 3.65. The minimum Gasteiger partial charge on any atom is -0.508 e. The summed E-state index contributed by atoms with van der Waals surface area (Å²) in [5, 5.41) is 11.3. The normalized spacial score (nSPS) is 12.8. The number of hydrogen-bond acceptors (Lipinski definition) is 3. The van der Waals surface area contributed by atoms with Crippen molar-refractivity contribution in [3.05, 3.63) is 42.0 Å². The van der Waals surface area contributed by atoms with Crippen molar-refractivity contribution in [2.75, 3.05) is 13.6 Å². The van der Waals surface area contributed by atoms with Gasteiger partial charge in [-0.3, -0.25) is 9.69 Å². The predicted molar refractivity (Wildman–Crippen MR) is 77.7 cm³/mol. The molecule has 3 nitrogen and oxygen atoms in total. The zero-order valence-electron chi connectivity index (χ0n) is 11.6. The van der Waals surface area contributed by atoms with Gasteiger partial charge in [0.25, 0.3) is 0 Å². The van der Waals surface area contributed by atoms with Crippen LogP contribution in [0.5, 0.6) is 5.75 Å². The van der Waals surface area contributed by atoms with Gasteiger partial charge in [-0.2, -0.15) is 0 Å².